The molecule has 1 heterocycles. The molecular formula is C23H27N3O. The SMILES string of the molecule is Cc1cccc2[nH]cc(CCNC(=O)c3ccc4c(c3)CC(N)CCC4)c12. The summed E-state index contributed by atoms with van der Waals surface area (Å²) < 4.78 is 0. The zero-order chi connectivity index (χ0) is 18.8. The van der Waals surface area contributed by atoms with Gasteiger partial charge in [0.15, 0.2) is 0 Å². The van der Waals surface area contributed by atoms with Crippen LogP contribution in [0.4, 0.5) is 0 Å². The van der Waals surface area contributed by atoms with Gasteiger partial charge in [-0.1, -0.05) is 18.2 Å². The van der Waals surface area contributed by atoms with Gasteiger partial charge >= 0.3 is 0 Å². The molecule has 4 heteroatoms. The topological polar surface area (TPSA) is 70.9 Å². The van der Waals surface area contributed by atoms with E-state index in [1.54, 1.807) is 0 Å². The molecule has 140 valence electrons. The Bertz CT molecular complexity index is 973. The van der Waals surface area contributed by atoms with Crippen LogP contribution in [0, 0.1) is 6.92 Å². The molecule has 1 aliphatic rings. The molecule has 4 N–H and O–H groups in total. The zero-order valence-corrected chi connectivity index (χ0v) is 15.8. The Hall–Kier alpha value is -2.59. The Kier molecular flexibility index (Phi) is 4.99. The number of carbonyl (C=O) groups excluding carboxylic acids is 1. The van der Waals surface area contributed by atoms with Gasteiger partial charge in [-0.05, 0) is 79.5 Å². The maximum absolute atomic E-state index is 12.6. The monoisotopic (exact) mass is 361 g/mol. The quantitative estimate of drug-likeness (QED) is 0.621. The van der Waals surface area contributed by atoms with Gasteiger partial charge < -0.3 is 16.0 Å². The van der Waals surface area contributed by atoms with E-state index in [1.165, 1.54) is 27.6 Å². The summed E-state index contributed by atoms with van der Waals surface area (Å²) in [6.07, 6.45) is 6.97. The molecule has 1 atom stereocenters. The van der Waals surface area contributed by atoms with Gasteiger partial charge in [-0.25, -0.2) is 0 Å². The molecule has 0 radical (unpaired) electrons. The molecule has 0 spiro atoms. The molecule has 1 amide bonds. The number of benzene rings is 2. The van der Waals surface area contributed by atoms with E-state index in [9.17, 15) is 4.79 Å². The summed E-state index contributed by atoms with van der Waals surface area (Å²) in [6, 6.07) is 12.6. The molecule has 0 saturated carbocycles. The van der Waals surface area contributed by atoms with Gasteiger partial charge in [-0.15, -0.1) is 0 Å². The fourth-order valence-corrected chi connectivity index (χ4v) is 4.20. The van der Waals surface area contributed by atoms with Gasteiger partial charge in [0.2, 0.25) is 0 Å². The molecule has 1 aliphatic carbocycles. The number of aromatic nitrogens is 1. The third-order valence-electron chi connectivity index (χ3n) is 5.65. The van der Waals surface area contributed by atoms with E-state index in [0.29, 0.717) is 6.54 Å². The van der Waals surface area contributed by atoms with E-state index >= 15 is 0 Å². The van der Waals surface area contributed by atoms with E-state index in [1.807, 2.05) is 18.3 Å². The molecule has 0 fully saturated rings. The smallest absolute Gasteiger partial charge is 0.251 e. The highest BCUT2D eigenvalue weighted by Gasteiger charge is 2.16. The van der Waals surface area contributed by atoms with E-state index in [0.717, 1.165) is 43.2 Å². The first kappa shape index (κ1) is 17.8. The van der Waals surface area contributed by atoms with E-state index in [2.05, 4.69) is 41.5 Å². The maximum Gasteiger partial charge on any atom is 0.251 e. The van der Waals surface area contributed by atoms with E-state index in [-0.39, 0.29) is 11.9 Å². The van der Waals surface area contributed by atoms with Gasteiger partial charge in [-0.3, -0.25) is 4.79 Å². The number of fused-ring (bicyclic) bond motifs is 2. The van der Waals surface area contributed by atoms with Crippen LogP contribution in [0.2, 0.25) is 0 Å². The van der Waals surface area contributed by atoms with Crippen LogP contribution in [0.3, 0.4) is 0 Å². The van der Waals surface area contributed by atoms with Crippen LogP contribution >= 0.6 is 0 Å². The third-order valence-corrected chi connectivity index (χ3v) is 5.65. The van der Waals surface area contributed by atoms with Gasteiger partial charge in [0.1, 0.15) is 0 Å². The van der Waals surface area contributed by atoms with Crippen LogP contribution in [0.15, 0.2) is 42.6 Å². The van der Waals surface area contributed by atoms with E-state index in [4.69, 9.17) is 5.73 Å². The van der Waals surface area contributed by atoms with Crippen molar-refractivity contribution in [2.24, 2.45) is 5.73 Å². The molecule has 2 aromatic carbocycles. The fourth-order valence-electron chi connectivity index (χ4n) is 4.20. The third kappa shape index (κ3) is 3.76. The summed E-state index contributed by atoms with van der Waals surface area (Å²) >= 11 is 0. The van der Waals surface area contributed by atoms with Crippen molar-refractivity contribution in [3.63, 3.8) is 0 Å². The first-order valence-electron chi connectivity index (χ1n) is 9.83. The Morgan fingerprint density at radius 3 is 3.04 bits per heavy atom. The molecule has 0 saturated heterocycles. The lowest BCUT2D eigenvalue weighted by Crippen LogP contribution is -2.26. The number of hydrogen-bond donors (Lipinski definition) is 3. The lowest BCUT2D eigenvalue weighted by atomic mass is 9.99. The van der Waals surface area contributed by atoms with Gasteiger partial charge in [-0.2, -0.15) is 0 Å². The van der Waals surface area contributed by atoms with Crippen LogP contribution in [0.25, 0.3) is 10.9 Å². The predicted octanol–water partition coefficient (Wildman–Crippen LogP) is 3.65. The van der Waals surface area contributed by atoms with Crippen LogP contribution in [-0.2, 0) is 19.3 Å². The van der Waals surface area contributed by atoms with Gasteiger partial charge in [0.25, 0.3) is 5.91 Å². The van der Waals surface area contributed by atoms with Crippen molar-refractivity contribution >= 4 is 16.8 Å². The van der Waals surface area contributed by atoms with Crippen molar-refractivity contribution in [2.75, 3.05) is 6.54 Å². The van der Waals surface area contributed by atoms with Crippen LogP contribution in [0.1, 0.15) is 45.5 Å². The lowest BCUT2D eigenvalue weighted by Gasteiger charge is -2.11. The highest BCUT2D eigenvalue weighted by atomic mass is 16.1. The molecule has 1 unspecified atom stereocenters. The average molecular weight is 361 g/mol. The van der Waals surface area contributed by atoms with Crippen LogP contribution < -0.4 is 11.1 Å². The Morgan fingerprint density at radius 2 is 2.15 bits per heavy atom. The minimum atomic E-state index is -0.00724. The first-order chi connectivity index (χ1) is 13.1. The minimum absolute atomic E-state index is 0.00724. The van der Waals surface area contributed by atoms with Crippen molar-refractivity contribution < 1.29 is 4.79 Å². The number of carbonyl (C=O) groups is 1. The largest absolute Gasteiger partial charge is 0.361 e. The average Bonchev–Trinajstić information content (AvgIpc) is 2.97. The molecule has 27 heavy (non-hydrogen) atoms. The molecule has 4 rings (SSSR count). The number of nitrogens with one attached hydrogen (secondary N) is 2. The number of aryl methyl sites for hydroxylation is 2. The summed E-state index contributed by atoms with van der Waals surface area (Å²) in [5, 5.41) is 4.34. The normalized spacial score (nSPS) is 16.7. The van der Waals surface area contributed by atoms with Crippen molar-refractivity contribution in [2.45, 2.75) is 45.1 Å². The second-order valence-corrected chi connectivity index (χ2v) is 7.66. The van der Waals surface area contributed by atoms with Crippen LogP contribution in [-0.4, -0.2) is 23.5 Å². The van der Waals surface area contributed by atoms with Crippen LogP contribution in [0.5, 0.6) is 0 Å². The summed E-state index contributed by atoms with van der Waals surface area (Å²) in [5.41, 5.74) is 13.1. The number of rotatable bonds is 4. The van der Waals surface area contributed by atoms with Crippen molar-refractivity contribution in [3.8, 4) is 0 Å². The highest BCUT2D eigenvalue weighted by molar-refractivity contribution is 5.94. The molecule has 4 nitrogen and oxygen atoms in total. The van der Waals surface area contributed by atoms with Gasteiger partial charge in [0.05, 0.1) is 0 Å². The molecular weight excluding hydrogens is 334 g/mol. The van der Waals surface area contributed by atoms with E-state index < -0.39 is 0 Å². The Morgan fingerprint density at radius 1 is 1.26 bits per heavy atom. The standard InChI is InChI=1S/C23H27N3O/c1-15-4-2-7-21-22(15)18(14-26-21)10-11-25-23(27)17-9-8-16-5-3-6-20(24)13-19(16)12-17/h2,4,7-9,12,14,20,26H,3,5-6,10-11,13,24H2,1H3,(H,25,27). The predicted molar refractivity (Wildman–Crippen MR) is 110 cm³/mol. The first-order valence-corrected chi connectivity index (χ1v) is 9.83. The number of amides is 1. The maximum atomic E-state index is 12.6. The highest BCUT2D eigenvalue weighted by Crippen LogP contribution is 2.23. The Labute approximate surface area is 160 Å². The minimum Gasteiger partial charge on any atom is -0.361 e. The second-order valence-electron chi connectivity index (χ2n) is 7.66. The second kappa shape index (κ2) is 7.57. The zero-order valence-electron chi connectivity index (χ0n) is 15.8. The molecule has 0 aliphatic heterocycles. The molecule has 1 aromatic heterocycles. The number of hydrogen-bond acceptors (Lipinski definition) is 2. The number of H-pyrrole nitrogens is 1. The summed E-state index contributed by atoms with van der Waals surface area (Å²) in [6.45, 7) is 2.75. The van der Waals surface area contributed by atoms with Crippen molar-refractivity contribution in [1.82, 2.24) is 10.3 Å². The Balaban J connectivity index is 1.42. The summed E-state index contributed by atoms with van der Waals surface area (Å²) in [5.74, 6) is -0.00724. The summed E-state index contributed by atoms with van der Waals surface area (Å²) in [4.78, 5) is 15.9. The van der Waals surface area contributed by atoms with Gasteiger partial charge in [0, 0.05) is 35.2 Å². The number of nitrogens with two attached hydrogens (primary N) is 1. The molecule has 3 aromatic rings. The van der Waals surface area contributed by atoms with Crippen molar-refractivity contribution in [1.29, 1.82) is 0 Å². The lowest BCUT2D eigenvalue weighted by molar-refractivity contribution is 0.0954. The molecule has 0 bridgehead atoms. The summed E-state index contributed by atoms with van der Waals surface area (Å²) in [7, 11) is 0. The fraction of sp³-hybridized carbons (Fsp3) is 0.348. The number of aromatic amines is 1. The van der Waals surface area contributed by atoms with Crippen molar-refractivity contribution in [3.05, 3.63) is 70.4 Å².